The van der Waals surface area contributed by atoms with Gasteiger partial charge >= 0.3 is 5.82 Å². The minimum absolute atomic E-state index is 0.618. The molecule has 0 heterocycles. The van der Waals surface area contributed by atoms with Crippen molar-refractivity contribution < 1.29 is 43.9 Å². The van der Waals surface area contributed by atoms with E-state index >= 15 is 17.6 Å². The van der Waals surface area contributed by atoms with Crippen molar-refractivity contribution >= 4 is 11.3 Å². The number of hydrogen-bond acceptors (Lipinski definition) is 3. The van der Waals surface area contributed by atoms with Crippen LogP contribution in [0.3, 0.4) is 0 Å². The van der Waals surface area contributed by atoms with Crippen LogP contribution >= 0.6 is 0 Å². The zero-order chi connectivity index (χ0) is 35.5. The van der Waals surface area contributed by atoms with Crippen molar-refractivity contribution in [1.82, 2.24) is 0 Å². The van der Waals surface area contributed by atoms with Crippen LogP contribution in [0.4, 0.5) is 43.9 Å². The van der Waals surface area contributed by atoms with E-state index in [9.17, 15) is 42.1 Å². The zero-order valence-corrected chi connectivity index (χ0v) is 22.9. The van der Waals surface area contributed by atoms with Gasteiger partial charge in [-0.15, -0.1) is 0 Å². The highest BCUT2D eigenvalue weighted by Gasteiger charge is 2.41. The Kier molecular flexibility index (Phi) is 7.78. The molecule has 0 aliphatic heterocycles. The van der Waals surface area contributed by atoms with E-state index < -0.39 is 149 Å². The molecule has 0 amide bonds. The molecule has 0 aromatic heterocycles. The maximum Gasteiger partial charge on any atom is 0.512 e. The lowest BCUT2D eigenvalue weighted by atomic mass is 9.86. The molecule has 0 bridgehead atoms. The fourth-order valence-electron chi connectivity index (χ4n) is 5.74. The molecule has 0 atom stereocenters. The Morgan fingerprint density at radius 2 is 0.896 bits per heavy atom. The summed E-state index contributed by atoms with van der Waals surface area (Å²) in [5.74, 6) is -26.3. The van der Waals surface area contributed by atoms with Crippen molar-refractivity contribution in [3.05, 3.63) is 137 Å². The Balaban J connectivity index is 2.31. The standard InChI is InChI=1S/C32H4F10N6/c1-46-31-13(32(47-2)48-3)5-12-16(19-21(33)25(37)29(41)26(38)22(19)34)15-11(4-10(14(15)8-45)9(6-43)7-44)17(18(12)31)20-23(35)27(39)30(42)28(40)24(20)36/h4-5H2. The topological polar surface area (TPSA) is 84.5 Å². The van der Waals surface area contributed by atoms with Crippen LogP contribution in [0.2, 0.25) is 0 Å². The molecule has 5 rings (SSSR count). The monoisotopic (exact) mass is 662 g/mol. The average molecular weight is 662 g/mol. The first kappa shape index (κ1) is 32.5. The fourth-order valence-corrected chi connectivity index (χ4v) is 5.74. The first-order valence-electron chi connectivity index (χ1n) is 12.6. The van der Waals surface area contributed by atoms with Gasteiger partial charge in [0.15, 0.2) is 52.2 Å². The largest absolute Gasteiger partial charge is 0.512 e. The SMILES string of the molecule is [C-]#[N+]C([N+]#[C-])=C1Cc2c(-c3c(F)c(F)c(F)c(F)c3F)c3c(c(-c4c(F)c(F)c(F)c(F)c4F)c2=C1[N+]#[C-])CC(=C(C#N)C#N)C=3C#N. The van der Waals surface area contributed by atoms with Crippen molar-refractivity contribution in [2.75, 3.05) is 0 Å². The van der Waals surface area contributed by atoms with E-state index in [1.165, 1.54) is 18.2 Å². The molecule has 0 N–H and O–H groups in total. The predicted octanol–water partition coefficient (Wildman–Crippen LogP) is 6.62. The van der Waals surface area contributed by atoms with Gasteiger partial charge in [0.1, 0.15) is 36.9 Å². The van der Waals surface area contributed by atoms with Crippen LogP contribution in [0.15, 0.2) is 22.5 Å². The summed E-state index contributed by atoms with van der Waals surface area (Å²) < 4.78 is 149. The number of allylic oxidation sites excluding steroid dienone is 2. The summed E-state index contributed by atoms with van der Waals surface area (Å²) in [5.41, 5.74) is -11.4. The second kappa shape index (κ2) is 11.5. The summed E-state index contributed by atoms with van der Waals surface area (Å²) >= 11 is 0. The van der Waals surface area contributed by atoms with Crippen LogP contribution in [0.1, 0.15) is 11.1 Å². The third-order valence-electron chi connectivity index (χ3n) is 7.64. The molecule has 3 aromatic rings. The summed E-state index contributed by atoms with van der Waals surface area (Å²) in [7, 11) is 0. The van der Waals surface area contributed by atoms with Gasteiger partial charge < -0.3 is 0 Å². The molecule has 6 nitrogen and oxygen atoms in total. The third kappa shape index (κ3) is 4.14. The molecule has 16 heteroatoms. The minimum Gasteiger partial charge on any atom is -0.238 e. The van der Waals surface area contributed by atoms with Gasteiger partial charge in [-0.05, 0) is 33.9 Å². The van der Waals surface area contributed by atoms with E-state index in [0.717, 1.165) is 0 Å². The van der Waals surface area contributed by atoms with E-state index in [2.05, 4.69) is 14.5 Å². The highest BCUT2D eigenvalue weighted by molar-refractivity contribution is 5.96. The molecule has 2 aliphatic rings. The first-order valence-corrected chi connectivity index (χ1v) is 12.6. The van der Waals surface area contributed by atoms with Crippen molar-refractivity contribution in [3.8, 4) is 40.5 Å². The Morgan fingerprint density at radius 1 is 0.521 bits per heavy atom. The molecule has 0 unspecified atom stereocenters. The number of nitrogens with zero attached hydrogens (tertiary/aromatic N) is 6. The number of fused-ring (bicyclic) bond motifs is 2. The average Bonchev–Trinajstić information content (AvgIpc) is 3.65. The molecule has 232 valence electrons. The number of hydrogen-bond donors (Lipinski definition) is 0. The second-order valence-corrected chi connectivity index (χ2v) is 9.75. The van der Waals surface area contributed by atoms with Crippen molar-refractivity contribution in [3.63, 3.8) is 0 Å². The summed E-state index contributed by atoms with van der Waals surface area (Å²) in [4.78, 5) is 9.01. The van der Waals surface area contributed by atoms with Crippen LogP contribution in [-0.2, 0) is 12.8 Å². The molecule has 0 spiro atoms. The highest BCUT2D eigenvalue weighted by Crippen LogP contribution is 2.43. The summed E-state index contributed by atoms with van der Waals surface area (Å²) in [6, 6.07) is 4.31. The van der Waals surface area contributed by atoms with E-state index in [4.69, 9.17) is 19.7 Å². The van der Waals surface area contributed by atoms with Crippen LogP contribution in [0.5, 0.6) is 0 Å². The van der Waals surface area contributed by atoms with Crippen LogP contribution in [0.25, 0.3) is 48.1 Å². The van der Waals surface area contributed by atoms with E-state index in [1.807, 2.05) is 0 Å². The minimum atomic E-state index is -2.63. The van der Waals surface area contributed by atoms with Crippen molar-refractivity contribution in [2.45, 2.75) is 12.8 Å². The lowest BCUT2D eigenvalue weighted by Crippen LogP contribution is -2.27. The summed E-state index contributed by atoms with van der Waals surface area (Å²) in [6.07, 6.45) is -2.01. The Labute approximate surface area is 261 Å². The Bertz CT molecular complexity index is 2310. The smallest absolute Gasteiger partial charge is 0.238 e. The van der Waals surface area contributed by atoms with Gasteiger partial charge in [0.25, 0.3) is 0 Å². The third-order valence-corrected chi connectivity index (χ3v) is 7.64. The van der Waals surface area contributed by atoms with Gasteiger partial charge in [-0.3, -0.25) is 0 Å². The maximum atomic E-state index is 15.5. The summed E-state index contributed by atoms with van der Waals surface area (Å²) in [6.45, 7) is 22.4. The van der Waals surface area contributed by atoms with Crippen LogP contribution in [-0.4, -0.2) is 0 Å². The number of nitriles is 3. The van der Waals surface area contributed by atoms with Gasteiger partial charge in [0, 0.05) is 17.2 Å². The second-order valence-electron chi connectivity index (χ2n) is 9.75. The zero-order valence-electron chi connectivity index (χ0n) is 22.9. The van der Waals surface area contributed by atoms with E-state index in [0.29, 0.717) is 0 Å². The van der Waals surface area contributed by atoms with Gasteiger partial charge in [0.2, 0.25) is 11.6 Å². The quantitative estimate of drug-likeness (QED) is 0.102. The molecule has 0 fully saturated rings. The van der Waals surface area contributed by atoms with E-state index in [1.54, 1.807) is 0 Å². The fraction of sp³-hybridized carbons (Fsp3) is 0.0625. The predicted molar refractivity (Wildman–Crippen MR) is 141 cm³/mol. The first-order chi connectivity index (χ1) is 22.8. The van der Waals surface area contributed by atoms with Crippen molar-refractivity contribution in [1.29, 1.82) is 15.8 Å². The molecule has 0 saturated carbocycles. The van der Waals surface area contributed by atoms with Gasteiger partial charge in [0.05, 0.1) is 28.8 Å². The summed E-state index contributed by atoms with van der Waals surface area (Å²) in [5, 5.41) is 27.4. The number of halogens is 10. The molecule has 2 aliphatic carbocycles. The Hall–Kier alpha value is -6.88. The number of benzene rings is 3. The van der Waals surface area contributed by atoms with Crippen LogP contribution < -0.4 is 10.4 Å². The molecule has 3 aromatic carbocycles. The van der Waals surface area contributed by atoms with E-state index in [-0.39, 0.29) is 0 Å². The van der Waals surface area contributed by atoms with Gasteiger partial charge in [-0.25, -0.2) is 48.7 Å². The van der Waals surface area contributed by atoms with Gasteiger partial charge in [-0.1, -0.05) is 0 Å². The normalized spacial score (nSPS) is 12.8. The van der Waals surface area contributed by atoms with Gasteiger partial charge in [-0.2, -0.15) is 25.5 Å². The highest BCUT2D eigenvalue weighted by atomic mass is 19.2. The maximum absolute atomic E-state index is 15.5. The van der Waals surface area contributed by atoms with Crippen LogP contribution in [0, 0.1) is 112 Å². The molecular formula is C32H4F10N6. The lowest BCUT2D eigenvalue weighted by Gasteiger charge is -2.19. The Morgan fingerprint density at radius 3 is 1.27 bits per heavy atom. The molecular weight excluding hydrogens is 658 g/mol. The molecule has 48 heavy (non-hydrogen) atoms. The lowest BCUT2D eigenvalue weighted by molar-refractivity contribution is 0.381. The number of rotatable bonds is 2. The van der Waals surface area contributed by atoms with Crippen molar-refractivity contribution in [2.24, 2.45) is 0 Å². The molecule has 0 radical (unpaired) electrons. The molecule has 0 saturated heterocycles.